The largest absolute Gasteiger partial charge is 0.311 e. The van der Waals surface area contributed by atoms with E-state index in [1.165, 1.54) is 48.7 Å². The lowest BCUT2D eigenvalue weighted by atomic mass is 10.0. The molecule has 0 saturated carbocycles. The fraction of sp³-hybridized carbons (Fsp3) is 0.423. The SMILES string of the molecule is C[C@@H](c1nnc(SCC(=O)N2CCCc3ccccc32)n1-c1ccc(F)cc1)N1CCCCC1. The number of halogens is 1. The zero-order valence-corrected chi connectivity index (χ0v) is 20.3. The maximum atomic E-state index is 13.7. The van der Waals surface area contributed by atoms with Crippen molar-refractivity contribution < 1.29 is 9.18 Å². The van der Waals surface area contributed by atoms with Crippen molar-refractivity contribution in [1.29, 1.82) is 0 Å². The van der Waals surface area contributed by atoms with Gasteiger partial charge in [-0.05, 0) is 81.6 Å². The Hall–Kier alpha value is -2.71. The smallest absolute Gasteiger partial charge is 0.237 e. The summed E-state index contributed by atoms with van der Waals surface area (Å²) in [5.41, 5.74) is 3.04. The molecule has 0 spiro atoms. The number of nitrogens with zero attached hydrogens (tertiary/aromatic N) is 5. The maximum Gasteiger partial charge on any atom is 0.237 e. The number of carbonyl (C=O) groups excluding carboxylic acids is 1. The second-order valence-corrected chi connectivity index (χ2v) is 9.93. The first-order chi connectivity index (χ1) is 16.6. The van der Waals surface area contributed by atoms with Crippen LogP contribution in [-0.2, 0) is 11.2 Å². The number of hydrogen-bond donors (Lipinski definition) is 0. The number of likely N-dealkylation sites (tertiary alicyclic amines) is 1. The van der Waals surface area contributed by atoms with Crippen LogP contribution in [0.25, 0.3) is 5.69 Å². The molecule has 1 aromatic heterocycles. The second kappa shape index (κ2) is 10.3. The average Bonchev–Trinajstić information content (AvgIpc) is 3.31. The van der Waals surface area contributed by atoms with E-state index in [1.54, 1.807) is 12.1 Å². The molecule has 3 aromatic rings. The van der Waals surface area contributed by atoms with Crippen LogP contribution in [-0.4, -0.2) is 51.0 Å². The van der Waals surface area contributed by atoms with Crippen molar-refractivity contribution in [3.8, 4) is 5.69 Å². The molecule has 1 fully saturated rings. The Morgan fingerprint density at radius 1 is 1.00 bits per heavy atom. The predicted octanol–water partition coefficient (Wildman–Crippen LogP) is 5.02. The number of rotatable bonds is 6. The zero-order chi connectivity index (χ0) is 23.5. The number of benzene rings is 2. The molecule has 8 heteroatoms. The molecule has 0 unspecified atom stereocenters. The van der Waals surface area contributed by atoms with Gasteiger partial charge in [0, 0.05) is 17.9 Å². The van der Waals surface area contributed by atoms with Crippen LogP contribution < -0.4 is 4.90 Å². The van der Waals surface area contributed by atoms with Crippen LogP contribution >= 0.6 is 11.8 Å². The summed E-state index contributed by atoms with van der Waals surface area (Å²) < 4.78 is 15.6. The fourth-order valence-corrected chi connectivity index (χ4v) is 5.78. The van der Waals surface area contributed by atoms with Gasteiger partial charge in [0.05, 0.1) is 11.8 Å². The highest BCUT2D eigenvalue weighted by atomic mass is 32.2. The van der Waals surface area contributed by atoms with Gasteiger partial charge in [0.25, 0.3) is 0 Å². The molecular formula is C26H30FN5OS. The summed E-state index contributed by atoms with van der Waals surface area (Å²) in [6.45, 7) is 4.96. The van der Waals surface area contributed by atoms with E-state index < -0.39 is 0 Å². The summed E-state index contributed by atoms with van der Waals surface area (Å²) in [6.07, 6.45) is 5.60. The van der Waals surface area contributed by atoms with Crippen LogP contribution in [0.4, 0.5) is 10.1 Å². The number of carbonyl (C=O) groups is 1. The molecule has 3 heterocycles. The van der Waals surface area contributed by atoms with Crippen molar-refractivity contribution in [3.05, 3.63) is 65.7 Å². The van der Waals surface area contributed by atoms with Crippen LogP contribution in [0.5, 0.6) is 0 Å². The number of thioether (sulfide) groups is 1. The molecule has 1 atom stereocenters. The summed E-state index contributed by atoms with van der Waals surface area (Å²) in [4.78, 5) is 17.5. The van der Waals surface area contributed by atoms with E-state index in [2.05, 4.69) is 28.1 Å². The van der Waals surface area contributed by atoms with Gasteiger partial charge in [-0.25, -0.2) is 4.39 Å². The lowest BCUT2D eigenvalue weighted by molar-refractivity contribution is -0.116. The van der Waals surface area contributed by atoms with E-state index in [1.807, 2.05) is 27.7 Å². The number of aromatic nitrogens is 3. The normalized spacial score (nSPS) is 17.4. The highest BCUT2D eigenvalue weighted by Gasteiger charge is 2.27. The topological polar surface area (TPSA) is 54.3 Å². The number of para-hydroxylation sites is 1. The molecule has 2 aliphatic rings. The molecule has 0 radical (unpaired) electrons. The van der Waals surface area contributed by atoms with Gasteiger partial charge in [-0.1, -0.05) is 36.4 Å². The van der Waals surface area contributed by atoms with Gasteiger partial charge in [-0.2, -0.15) is 0 Å². The Kier molecular flexibility index (Phi) is 6.97. The molecule has 34 heavy (non-hydrogen) atoms. The van der Waals surface area contributed by atoms with Crippen LogP contribution in [0.15, 0.2) is 53.7 Å². The highest BCUT2D eigenvalue weighted by molar-refractivity contribution is 7.99. The van der Waals surface area contributed by atoms with Crippen molar-refractivity contribution >= 4 is 23.4 Å². The van der Waals surface area contributed by atoms with Gasteiger partial charge < -0.3 is 4.90 Å². The number of amides is 1. The summed E-state index contributed by atoms with van der Waals surface area (Å²) in [6, 6.07) is 14.6. The predicted molar refractivity (Wildman–Crippen MR) is 133 cm³/mol. The van der Waals surface area contributed by atoms with Gasteiger partial charge in [0.1, 0.15) is 5.82 Å². The fourth-order valence-electron chi connectivity index (χ4n) is 4.94. The van der Waals surface area contributed by atoms with Crippen LogP contribution in [0.2, 0.25) is 0 Å². The first kappa shape index (κ1) is 23.1. The number of hydrogen-bond acceptors (Lipinski definition) is 5. The van der Waals surface area contributed by atoms with E-state index in [0.29, 0.717) is 5.16 Å². The minimum atomic E-state index is -0.282. The monoisotopic (exact) mass is 479 g/mol. The Labute approximate surface area is 204 Å². The van der Waals surface area contributed by atoms with Crippen molar-refractivity contribution in [1.82, 2.24) is 19.7 Å². The number of piperidine rings is 1. The zero-order valence-electron chi connectivity index (χ0n) is 19.5. The minimum Gasteiger partial charge on any atom is -0.311 e. The number of fused-ring (bicyclic) bond motifs is 1. The Morgan fingerprint density at radius 3 is 2.56 bits per heavy atom. The molecule has 2 aliphatic heterocycles. The Balaban J connectivity index is 1.40. The standard InChI is InChI=1S/C26H30FN5OS/c1-19(30-15-5-2-6-16-30)25-28-29-26(32(25)22-13-11-21(27)12-14-22)34-18-24(33)31-17-7-9-20-8-3-4-10-23(20)31/h3-4,8,10-14,19H,2,5-7,9,15-18H2,1H3/t19-/m0/s1. The number of aryl methyl sites for hydroxylation is 1. The molecular weight excluding hydrogens is 449 g/mol. The van der Waals surface area contributed by atoms with Crippen molar-refractivity contribution in [3.63, 3.8) is 0 Å². The summed E-state index contributed by atoms with van der Waals surface area (Å²) in [7, 11) is 0. The van der Waals surface area contributed by atoms with Crippen molar-refractivity contribution in [2.75, 3.05) is 30.3 Å². The van der Waals surface area contributed by atoms with Crippen LogP contribution in [0.1, 0.15) is 50.0 Å². The van der Waals surface area contributed by atoms with Gasteiger partial charge in [0.2, 0.25) is 5.91 Å². The quantitative estimate of drug-likeness (QED) is 0.465. The Morgan fingerprint density at radius 2 is 1.76 bits per heavy atom. The van der Waals surface area contributed by atoms with E-state index in [0.717, 1.165) is 49.7 Å². The average molecular weight is 480 g/mol. The molecule has 1 amide bonds. The molecule has 2 aromatic carbocycles. The maximum absolute atomic E-state index is 13.7. The van der Waals surface area contributed by atoms with E-state index >= 15 is 0 Å². The third kappa shape index (κ3) is 4.74. The van der Waals surface area contributed by atoms with Crippen molar-refractivity contribution in [2.45, 2.75) is 50.2 Å². The summed E-state index contributed by atoms with van der Waals surface area (Å²) in [5.74, 6) is 0.880. The molecule has 178 valence electrons. The van der Waals surface area contributed by atoms with E-state index in [-0.39, 0.29) is 23.5 Å². The van der Waals surface area contributed by atoms with Gasteiger partial charge in [0.15, 0.2) is 11.0 Å². The lowest BCUT2D eigenvalue weighted by Crippen LogP contribution is -2.36. The Bertz CT molecular complexity index is 1140. The molecule has 1 saturated heterocycles. The summed E-state index contributed by atoms with van der Waals surface area (Å²) >= 11 is 1.39. The molecule has 0 aliphatic carbocycles. The van der Waals surface area contributed by atoms with Gasteiger partial charge >= 0.3 is 0 Å². The van der Waals surface area contributed by atoms with E-state index in [4.69, 9.17) is 0 Å². The second-order valence-electron chi connectivity index (χ2n) is 8.99. The molecule has 0 bridgehead atoms. The third-order valence-corrected chi connectivity index (χ3v) is 7.71. The van der Waals surface area contributed by atoms with Gasteiger partial charge in [-0.3, -0.25) is 14.3 Å². The molecule has 0 N–H and O–H groups in total. The van der Waals surface area contributed by atoms with E-state index in [9.17, 15) is 9.18 Å². The lowest BCUT2D eigenvalue weighted by Gasteiger charge is -2.32. The van der Waals surface area contributed by atoms with Crippen LogP contribution in [0, 0.1) is 5.82 Å². The molecule has 6 nitrogen and oxygen atoms in total. The third-order valence-electron chi connectivity index (χ3n) is 6.79. The van der Waals surface area contributed by atoms with Crippen LogP contribution in [0.3, 0.4) is 0 Å². The number of anilines is 1. The van der Waals surface area contributed by atoms with Crippen molar-refractivity contribution in [2.24, 2.45) is 0 Å². The first-order valence-corrected chi connectivity index (χ1v) is 13.1. The van der Waals surface area contributed by atoms with Gasteiger partial charge in [-0.15, -0.1) is 10.2 Å². The molecule has 5 rings (SSSR count). The highest BCUT2D eigenvalue weighted by Crippen LogP contribution is 2.31. The minimum absolute atomic E-state index is 0.0661. The summed E-state index contributed by atoms with van der Waals surface area (Å²) in [5, 5.41) is 9.68. The first-order valence-electron chi connectivity index (χ1n) is 12.1.